The number of anilines is 2. The summed E-state index contributed by atoms with van der Waals surface area (Å²) in [4.78, 5) is 29.7. The van der Waals surface area contributed by atoms with E-state index in [2.05, 4.69) is 61.4 Å². The standard InChI is InChI=1S/C32H32N6O3S2/c1-19-6-10-24(11-7-19)28-29(25-12-8-20(2)9-13-25)37-32(36-28)42-23(5)30(39)35-26-14-16-27(17-15-26)43(40,41)38-31-33-21(3)18-22(4)34-31/h6-18,23H,1-5H3,(H,35,39)(H,36,37)(H,33,34,38). The summed E-state index contributed by atoms with van der Waals surface area (Å²) in [6, 6.07) is 24.1. The average molecular weight is 613 g/mol. The van der Waals surface area contributed by atoms with Gasteiger partial charge in [-0.15, -0.1) is 0 Å². The van der Waals surface area contributed by atoms with Crippen LogP contribution in [-0.4, -0.2) is 39.5 Å². The van der Waals surface area contributed by atoms with Gasteiger partial charge in [-0.1, -0.05) is 71.4 Å². The molecule has 43 heavy (non-hydrogen) atoms. The van der Waals surface area contributed by atoms with Crippen molar-refractivity contribution in [3.8, 4) is 22.5 Å². The number of hydrogen-bond acceptors (Lipinski definition) is 7. The molecule has 0 radical (unpaired) electrons. The summed E-state index contributed by atoms with van der Waals surface area (Å²) in [6.07, 6.45) is 0. The molecule has 0 aliphatic carbocycles. The Bertz CT molecular complexity index is 1790. The van der Waals surface area contributed by atoms with Crippen LogP contribution in [0.2, 0.25) is 0 Å². The van der Waals surface area contributed by atoms with E-state index in [1.165, 1.54) is 23.9 Å². The lowest BCUT2D eigenvalue weighted by Crippen LogP contribution is -2.22. The maximum Gasteiger partial charge on any atom is 0.264 e. The molecule has 220 valence electrons. The number of nitrogens with one attached hydrogen (secondary N) is 3. The van der Waals surface area contributed by atoms with Crippen molar-refractivity contribution in [1.29, 1.82) is 0 Å². The van der Waals surface area contributed by atoms with Crippen LogP contribution in [0, 0.1) is 27.7 Å². The number of aromatic amines is 1. The molecule has 0 saturated carbocycles. The van der Waals surface area contributed by atoms with Gasteiger partial charge in [0.25, 0.3) is 10.0 Å². The lowest BCUT2D eigenvalue weighted by Gasteiger charge is -2.12. The fraction of sp³-hybridized carbons (Fsp3) is 0.188. The van der Waals surface area contributed by atoms with Crippen LogP contribution in [0.15, 0.2) is 88.9 Å². The Hall–Kier alpha value is -4.48. The number of thioether (sulfide) groups is 1. The third-order valence-corrected chi connectivity index (χ3v) is 8.97. The molecule has 2 heterocycles. The lowest BCUT2D eigenvalue weighted by atomic mass is 10.0. The molecular formula is C32H32N6O3S2. The van der Waals surface area contributed by atoms with Crippen molar-refractivity contribution >= 4 is 39.3 Å². The molecule has 0 aliphatic heterocycles. The number of carbonyl (C=O) groups excluding carboxylic acids is 1. The molecule has 9 nitrogen and oxygen atoms in total. The second-order valence-electron chi connectivity index (χ2n) is 10.4. The predicted molar refractivity (Wildman–Crippen MR) is 172 cm³/mol. The van der Waals surface area contributed by atoms with E-state index >= 15 is 0 Å². The molecule has 5 rings (SSSR count). The number of nitrogens with zero attached hydrogens (tertiary/aromatic N) is 3. The normalized spacial score (nSPS) is 12.1. The van der Waals surface area contributed by atoms with E-state index in [-0.39, 0.29) is 16.8 Å². The number of aryl methyl sites for hydroxylation is 4. The first kappa shape index (κ1) is 30.0. The fourth-order valence-electron chi connectivity index (χ4n) is 4.39. The molecule has 11 heteroatoms. The Labute approximate surface area is 255 Å². The van der Waals surface area contributed by atoms with Gasteiger partial charge in [0.15, 0.2) is 5.16 Å². The highest BCUT2D eigenvalue weighted by Crippen LogP contribution is 2.34. The summed E-state index contributed by atoms with van der Waals surface area (Å²) in [7, 11) is -3.91. The van der Waals surface area contributed by atoms with Crippen LogP contribution < -0.4 is 10.0 Å². The number of sulfonamides is 1. The quantitative estimate of drug-likeness (QED) is 0.158. The van der Waals surface area contributed by atoms with Crippen molar-refractivity contribution in [3.05, 3.63) is 101 Å². The van der Waals surface area contributed by atoms with Crippen LogP contribution in [0.3, 0.4) is 0 Å². The monoisotopic (exact) mass is 612 g/mol. The molecule has 0 aliphatic rings. The number of aromatic nitrogens is 4. The molecular weight excluding hydrogens is 581 g/mol. The number of benzene rings is 3. The Morgan fingerprint density at radius 3 is 1.93 bits per heavy atom. The van der Waals surface area contributed by atoms with Crippen molar-refractivity contribution in [2.24, 2.45) is 0 Å². The van der Waals surface area contributed by atoms with Gasteiger partial charge in [0.2, 0.25) is 11.9 Å². The summed E-state index contributed by atoms with van der Waals surface area (Å²) in [5, 5.41) is 2.99. The van der Waals surface area contributed by atoms with Crippen LogP contribution in [0.4, 0.5) is 11.6 Å². The minimum Gasteiger partial charge on any atom is -0.332 e. The zero-order valence-corrected chi connectivity index (χ0v) is 26.1. The SMILES string of the molecule is Cc1ccc(-c2nc(SC(C)C(=O)Nc3ccc(S(=O)(=O)Nc4nc(C)cc(C)n4)cc3)[nH]c2-c2ccc(C)cc2)cc1. The van der Waals surface area contributed by atoms with E-state index in [1.807, 2.05) is 26.0 Å². The molecule has 1 amide bonds. The van der Waals surface area contributed by atoms with E-state index in [4.69, 9.17) is 4.98 Å². The van der Waals surface area contributed by atoms with Crippen molar-refractivity contribution in [2.45, 2.75) is 49.9 Å². The van der Waals surface area contributed by atoms with Crippen LogP contribution in [0.1, 0.15) is 29.4 Å². The second kappa shape index (κ2) is 12.4. The van der Waals surface area contributed by atoms with Gasteiger partial charge in [0.05, 0.1) is 21.5 Å². The zero-order chi connectivity index (χ0) is 30.7. The fourth-order valence-corrected chi connectivity index (χ4v) is 6.14. The molecule has 0 saturated heterocycles. The van der Waals surface area contributed by atoms with E-state index in [0.717, 1.165) is 33.6 Å². The van der Waals surface area contributed by atoms with Crippen molar-refractivity contribution in [3.63, 3.8) is 0 Å². The maximum absolute atomic E-state index is 13.1. The molecule has 3 aromatic carbocycles. The molecule has 3 N–H and O–H groups in total. The first-order chi connectivity index (χ1) is 20.5. The Morgan fingerprint density at radius 1 is 0.791 bits per heavy atom. The predicted octanol–water partition coefficient (Wildman–Crippen LogP) is 6.69. The van der Waals surface area contributed by atoms with Crippen LogP contribution in [-0.2, 0) is 14.8 Å². The molecule has 5 aromatic rings. The molecule has 0 fully saturated rings. The third kappa shape index (κ3) is 7.30. The highest BCUT2D eigenvalue weighted by Gasteiger charge is 2.21. The van der Waals surface area contributed by atoms with Gasteiger partial charge in [0, 0.05) is 28.2 Å². The molecule has 0 spiro atoms. The summed E-state index contributed by atoms with van der Waals surface area (Å²) in [5.74, 6) is -0.234. The number of hydrogen-bond donors (Lipinski definition) is 3. The number of rotatable bonds is 9. The molecule has 0 bridgehead atoms. The maximum atomic E-state index is 13.1. The number of carbonyl (C=O) groups is 1. The Balaban J connectivity index is 1.29. The second-order valence-corrected chi connectivity index (χ2v) is 13.4. The van der Waals surface area contributed by atoms with Gasteiger partial charge in [-0.2, -0.15) is 0 Å². The first-order valence-electron chi connectivity index (χ1n) is 13.6. The van der Waals surface area contributed by atoms with E-state index in [9.17, 15) is 13.2 Å². The summed E-state index contributed by atoms with van der Waals surface area (Å²) >= 11 is 1.31. The van der Waals surface area contributed by atoms with Crippen LogP contribution in [0.5, 0.6) is 0 Å². The third-order valence-electron chi connectivity index (χ3n) is 6.65. The summed E-state index contributed by atoms with van der Waals surface area (Å²) < 4.78 is 28.1. The highest BCUT2D eigenvalue weighted by atomic mass is 32.2. The lowest BCUT2D eigenvalue weighted by molar-refractivity contribution is -0.115. The van der Waals surface area contributed by atoms with Crippen molar-refractivity contribution in [1.82, 2.24) is 19.9 Å². The van der Waals surface area contributed by atoms with E-state index < -0.39 is 15.3 Å². The van der Waals surface area contributed by atoms with E-state index in [1.54, 1.807) is 39.0 Å². The van der Waals surface area contributed by atoms with Gasteiger partial charge in [-0.05, 0) is 65.0 Å². The minimum absolute atomic E-state index is 0.00901. The highest BCUT2D eigenvalue weighted by molar-refractivity contribution is 8.00. The van der Waals surface area contributed by atoms with Crippen molar-refractivity contribution in [2.75, 3.05) is 10.0 Å². The summed E-state index contributed by atoms with van der Waals surface area (Å²) in [5.41, 5.74) is 7.79. The summed E-state index contributed by atoms with van der Waals surface area (Å²) in [6.45, 7) is 9.42. The number of imidazole rings is 1. The number of amides is 1. The molecule has 1 unspecified atom stereocenters. The van der Waals surface area contributed by atoms with Gasteiger partial charge < -0.3 is 10.3 Å². The average Bonchev–Trinajstić information content (AvgIpc) is 3.37. The van der Waals surface area contributed by atoms with Gasteiger partial charge in [-0.3, -0.25) is 4.79 Å². The largest absolute Gasteiger partial charge is 0.332 e. The zero-order valence-electron chi connectivity index (χ0n) is 24.5. The topological polar surface area (TPSA) is 130 Å². The first-order valence-corrected chi connectivity index (χ1v) is 16.0. The van der Waals surface area contributed by atoms with Crippen LogP contribution >= 0.6 is 11.8 Å². The van der Waals surface area contributed by atoms with Gasteiger partial charge in [-0.25, -0.2) is 28.1 Å². The van der Waals surface area contributed by atoms with Crippen LogP contribution in [0.25, 0.3) is 22.5 Å². The molecule has 1 atom stereocenters. The Kier molecular flexibility index (Phi) is 8.65. The smallest absolute Gasteiger partial charge is 0.264 e. The Morgan fingerprint density at radius 2 is 1.35 bits per heavy atom. The molecule has 2 aromatic heterocycles. The van der Waals surface area contributed by atoms with Gasteiger partial charge in [0.1, 0.15) is 0 Å². The number of H-pyrrole nitrogens is 1. The van der Waals surface area contributed by atoms with E-state index in [0.29, 0.717) is 22.2 Å². The van der Waals surface area contributed by atoms with Gasteiger partial charge >= 0.3 is 0 Å². The van der Waals surface area contributed by atoms with Crippen molar-refractivity contribution < 1.29 is 13.2 Å². The minimum atomic E-state index is -3.91.